The molecule has 21 heavy (non-hydrogen) atoms. The van der Waals surface area contributed by atoms with Crippen molar-refractivity contribution >= 4 is 0 Å². The van der Waals surface area contributed by atoms with Gasteiger partial charge in [0.2, 0.25) is 0 Å². The third-order valence-corrected chi connectivity index (χ3v) is 4.89. The first-order valence-electron chi connectivity index (χ1n) is 7.51. The molecule has 3 heteroatoms. The van der Waals surface area contributed by atoms with Gasteiger partial charge in [-0.1, -0.05) is 23.8 Å². The maximum atomic E-state index is 9.89. The molecule has 1 aliphatic heterocycles. The maximum absolute atomic E-state index is 9.89. The Morgan fingerprint density at radius 2 is 1.81 bits per heavy atom. The van der Waals surface area contributed by atoms with E-state index in [0.717, 1.165) is 30.5 Å². The zero-order valence-corrected chi connectivity index (χ0v) is 12.1. The van der Waals surface area contributed by atoms with E-state index in [1.165, 1.54) is 16.7 Å². The summed E-state index contributed by atoms with van der Waals surface area (Å²) < 4.78 is 0. The fourth-order valence-electron chi connectivity index (χ4n) is 3.87. The number of phenols is 2. The van der Waals surface area contributed by atoms with Crippen LogP contribution in [0.3, 0.4) is 0 Å². The molecule has 4 rings (SSSR count). The molecule has 0 saturated carbocycles. The topological polar surface area (TPSA) is 52.5 Å². The van der Waals surface area contributed by atoms with Crippen molar-refractivity contribution in [3.05, 3.63) is 58.1 Å². The molecule has 2 unspecified atom stereocenters. The van der Waals surface area contributed by atoms with Crippen LogP contribution in [0.5, 0.6) is 11.5 Å². The number of nitrogens with one attached hydrogen (secondary N) is 1. The molecule has 3 nitrogen and oxygen atoms in total. The van der Waals surface area contributed by atoms with E-state index in [1.54, 1.807) is 12.1 Å². The lowest BCUT2D eigenvalue weighted by molar-refractivity contribution is 0.380. The third kappa shape index (κ3) is 1.92. The average molecular weight is 281 g/mol. The van der Waals surface area contributed by atoms with Crippen LogP contribution in [0.15, 0.2) is 30.3 Å². The molecule has 0 saturated heterocycles. The number of hydrogen-bond donors (Lipinski definition) is 3. The van der Waals surface area contributed by atoms with E-state index in [1.807, 2.05) is 0 Å². The van der Waals surface area contributed by atoms with E-state index in [-0.39, 0.29) is 17.4 Å². The fraction of sp³-hybridized carbons (Fsp3) is 0.333. The Hall–Kier alpha value is -2.00. The van der Waals surface area contributed by atoms with E-state index in [2.05, 4.69) is 30.4 Å². The number of fused-ring (bicyclic) bond motifs is 5. The van der Waals surface area contributed by atoms with Crippen LogP contribution in [-0.4, -0.2) is 16.3 Å². The number of hydrogen-bond acceptors (Lipinski definition) is 3. The molecule has 0 spiro atoms. The number of phenolic OH excluding ortho intramolecular Hbond substituents is 2. The van der Waals surface area contributed by atoms with Crippen molar-refractivity contribution in [1.29, 1.82) is 0 Å². The second-order valence-corrected chi connectivity index (χ2v) is 6.25. The van der Waals surface area contributed by atoms with Crippen molar-refractivity contribution in [2.75, 3.05) is 0 Å². The second-order valence-electron chi connectivity index (χ2n) is 6.25. The minimum absolute atomic E-state index is 0.0138. The summed E-state index contributed by atoms with van der Waals surface area (Å²) in [5, 5.41) is 23.3. The van der Waals surface area contributed by atoms with E-state index in [4.69, 9.17) is 0 Å². The first-order chi connectivity index (χ1) is 10.1. The van der Waals surface area contributed by atoms with Gasteiger partial charge in [-0.3, -0.25) is 0 Å². The minimum atomic E-state index is -0.0198. The molecule has 2 aromatic rings. The van der Waals surface area contributed by atoms with Crippen LogP contribution in [0.25, 0.3) is 0 Å². The van der Waals surface area contributed by atoms with Gasteiger partial charge in [0.05, 0.1) is 0 Å². The van der Waals surface area contributed by atoms with Crippen LogP contribution in [0.4, 0.5) is 0 Å². The monoisotopic (exact) mass is 281 g/mol. The first-order valence-corrected chi connectivity index (χ1v) is 7.51. The van der Waals surface area contributed by atoms with E-state index < -0.39 is 0 Å². The molecular formula is C18H19NO2. The lowest BCUT2D eigenvalue weighted by Gasteiger charge is -2.39. The molecule has 0 aromatic heterocycles. The highest BCUT2D eigenvalue weighted by molar-refractivity contribution is 5.53. The molecule has 2 aliphatic rings. The van der Waals surface area contributed by atoms with Gasteiger partial charge in [0.25, 0.3) is 0 Å². The molecule has 0 fully saturated rings. The van der Waals surface area contributed by atoms with Crippen molar-refractivity contribution in [2.24, 2.45) is 0 Å². The van der Waals surface area contributed by atoms with Crippen LogP contribution >= 0.6 is 0 Å². The van der Waals surface area contributed by atoms with Crippen LogP contribution in [-0.2, 0) is 13.0 Å². The predicted octanol–water partition coefficient (Wildman–Crippen LogP) is 2.96. The molecule has 2 aromatic carbocycles. The van der Waals surface area contributed by atoms with Crippen LogP contribution in [0.1, 0.15) is 40.2 Å². The molecular weight excluding hydrogens is 262 g/mol. The summed E-state index contributed by atoms with van der Waals surface area (Å²) in [6.45, 7) is 3.03. The third-order valence-electron chi connectivity index (χ3n) is 4.89. The Morgan fingerprint density at radius 1 is 1.00 bits per heavy atom. The molecule has 0 amide bonds. The van der Waals surface area contributed by atoms with Crippen LogP contribution in [0, 0.1) is 6.92 Å². The van der Waals surface area contributed by atoms with Crippen LogP contribution < -0.4 is 5.32 Å². The fourth-order valence-corrected chi connectivity index (χ4v) is 3.87. The van der Waals surface area contributed by atoms with Gasteiger partial charge in [-0.05, 0) is 54.2 Å². The highest BCUT2D eigenvalue weighted by atomic mass is 16.3. The number of aryl methyl sites for hydroxylation is 2. The standard InChI is InChI=1S/C18H19NO2/c1-10-2-4-13-12(6-10)9-19-15-5-3-11-7-16(20)17(21)8-14(11)18(13)15/h2,4,6-8,15,18-21H,3,5,9H2,1H3. The zero-order valence-electron chi connectivity index (χ0n) is 12.1. The smallest absolute Gasteiger partial charge is 0.157 e. The molecule has 0 radical (unpaired) electrons. The normalized spacial score (nSPS) is 23.1. The highest BCUT2D eigenvalue weighted by Gasteiger charge is 2.35. The van der Waals surface area contributed by atoms with Gasteiger partial charge in [0.1, 0.15) is 0 Å². The van der Waals surface area contributed by atoms with E-state index in [9.17, 15) is 10.2 Å². The van der Waals surface area contributed by atoms with Crippen molar-refractivity contribution in [1.82, 2.24) is 5.32 Å². The molecule has 0 bridgehead atoms. The predicted molar refractivity (Wildman–Crippen MR) is 81.7 cm³/mol. The summed E-state index contributed by atoms with van der Waals surface area (Å²) in [5.74, 6) is 0.235. The lowest BCUT2D eigenvalue weighted by Crippen LogP contribution is -2.42. The SMILES string of the molecule is Cc1ccc2c(c1)CNC1CCc3cc(O)c(O)cc3C21. The summed E-state index contributed by atoms with van der Waals surface area (Å²) in [6, 6.07) is 10.5. The van der Waals surface area contributed by atoms with Crippen molar-refractivity contribution < 1.29 is 10.2 Å². The van der Waals surface area contributed by atoms with Crippen molar-refractivity contribution in [3.8, 4) is 11.5 Å². The Balaban J connectivity index is 1.91. The number of rotatable bonds is 0. The summed E-state index contributed by atoms with van der Waals surface area (Å²) in [7, 11) is 0. The maximum Gasteiger partial charge on any atom is 0.157 e. The number of aromatic hydroxyl groups is 2. The molecule has 1 aliphatic carbocycles. The van der Waals surface area contributed by atoms with Gasteiger partial charge in [0.15, 0.2) is 11.5 Å². The minimum Gasteiger partial charge on any atom is -0.504 e. The van der Waals surface area contributed by atoms with Gasteiger partial charge >= 0.3 is 0 Å². The zero-order chi connectivity index (χ0) is 14.6. The molecule has 2 atom stereocenters. The van der Waals surface area contributed by atoms with Gasteiger partial charge in [0, 0.05) is 18.5 Å². The van der Waals surface area contributed by atoms with Crippen molar-refractivity contribution in [3.63, 3.8) is 0 Å². The van der Waals surface area contributed by atoms with Gasteiger partial charge in [-0.25, -0.2) is 0 Å². The van der Waals surface area contributed by atoms with E-state index in [0.29, 0.717) is 6.04 Å². The Morgan fingerprint density at radius 3 is 2.67 bits per heavy atom. The van der Waals surface area contributed by atoms with Crippen molar-refractivity contribution in [2.45, 2.75) is 38.3 Å². The second kappa shape index (κ2) is 4.50. The summed E-state index contributed by atoms with van der Waals surface area (Å²) in [5.41, 5.74) is 6.28. The Labute approximate surface area is 124 Å². The molecule has 3 N–H and O–H groups in total. The summed E-state index contributed by atoms with van der Waals surface area (Å²) in [6.07, 6.45) is 2.01. The van der Waals surface area contributed by atoms with Gasteiger partial charge in [-0.2, -0.15) is 0 Å². The number of benzene rings is 2. The summed E-state index contributed by atoms with van der Waals surface area (Å²) in [4.78, 5) is 0. The highest BCUT2D eigenvalue weighted by Crippen LogP contribution is 2.44. The average Bonchev–Trinajstić information content (AvgIpc) is 2.47. The summed E-state index contributed by atoms with van der Waals surface area (Å²) >= 11 is 0. The first kappa shape index (κ1) is 12.7. The quantitative estimate of drug-likeness (QED) is 0.651. The van der Waals surface area contributed by atoms with E-state index >= 15 is 0 Å². The van der Waals surface area contributed by atoms with Gasteiger partial charge in [-0.15, -0.1) is 0 Å². The molecule has 108 valence electrons. The molecule has 1 heterocycles. The largest absolute Gasteiger partial charge is 0.504 e. The Kier molecular flexibility index (Phi) is 2.73. The van der Waals surface area contributed by atoms with Gasteiger partial charge < -0.3 is 15.5 Å². The Bertz CT molecular complexity index is 723. The lowest BCUT2D eigenvalue weighted by atomic mass is 9.72. The van der Waals surface area contributed by atoms with Crippen LogP contribution in [0.2, 0.25) is 0 Å².